The van der Waals surface area contributed by atoms with E-state index in [1.54, 1.807) is 0 Å². The normalized spacial score (nSPS) is 13.4. The fourth-order valence-corrected chi connectivity index (χ4v) is 4.83. The van der Waals surface area contributed by atoms with Crippen LogP contribution in [0.1, 0.15) is 24.1 Å². The highest BCUT2D eigenvalue weighted by Gasteiger charge is 2.24. The molecule has 7 heteroatoms. The van der Waals surface area contributed by atoms with Crippen LogP contribution < -0.4 is 19.7 Å². The van der Waals surface area contributed by atoms with E-state index in [1.807, 2.05) is 110 Å². The first-order valence-electron chi connectivity index (χ1n) is 13.6. The topological polar surface area (TPSA) is 80.3 Å². The zero-order valence-electron chi connectivity index (χ0n) is 22.5. The van der Waals surface area contributed by atoms with E-state index in [0.717, 1.165) is 39.8 Å². The number of aliphatic hydroxyl groups excluding tert-OH is 1. The fraction of sp³-hybridized carbons (Fsp3) is 0.242. The summed E-state index contributed by atoms with van der Waals surface area (Å²) < 4.78 is 17.9. The average Bonchev–Trinajstić information content (AvgIpc) is 3.00. The van der Waals surface area contributed by atoms with Crippen LogP contribution in [0.25, 0.3) is 0 Å². The summed E-state index contributed by atoms with van der Waals surface area (Å²) >= 11 is 0. The molecule has 0 unspecified atom stereocenters. The highest BCUT2D eigenvalue weighted by molar-refractivity contribution is 5.81. The molecule has 7 nitrogen and oxygen atoms in total. The lowest BCUT2D eigenvalue weighted by Crippen LogP contribution is -2.41. The second kappa shape index (κ2) is 13.2. The van der Waals surface area contributed by atoms with Gasteiger partial charge in [-0.3, -0.25) is 4.79 Å². The molecule has 2 atom stereocenters. The Morgan fingerprint density at radius 2 is 1.50 bits per heavy atom. The lowest BCUT2D eigenvalue weighted by Gasteiger charge is -2.32. The van der Waals surface area contributed by atoms with Gasteiger partial charge in [-0.15, -0.1) is 0 Å². The molecule has 5 rings (SSSR count). The molecule has 1 aliphatic heterocycles. The minimum atomic E-state index is -0.670. The van der Waals surface area contributed by atoms with Crippen molar-refractivity contribution in [3.05, 3.63) is 114 Å². The standard InChI is InChI=1S/C33H34N2O5/c1-2-38-32(33(37)34-27(23-36)25-10-4-3-5-11-25)22-24-16-18-26(19-17-24)39-21-20-35-28-12-6-8-14-30(28)40-31-15-9-7-13-29(31)35/h3-19,27,32,36H,2,20-23H2,1H3,(H,34,37)/t27-,32-/m0/s1. The molecule has 0 fully saturated rings. The molecule has 1 aliphatic rings. The Bertz CT molecular complexity index is 1350. The third-order valence-electron chi connectivity index (χ3n) is 6.82. The minimum absolute atomic E-state index is 0.192. The van der Waals surface area contributed by atoms with E-state index in [1.165, 1.54) is 0 Å². The highest BCUT2D eigenvalue weighted by atomic mass is 16.5. The summed E-state index contributed by atoms with van der Waals surface area (Å²) in [6.07, 6.45) is -0.259. The van der Waals surface area contributed by atoms with Crippen LogP contribution in [-0.4, -0.2) is 43.5 Å². The summed E-state index contributed by atoms with van der Waals surface area (Å²) in [6, 6.07) is 32.7. The minimum Gasteiger partial charge on any atom is -0.492 e. The van der Waals surface area contributed by atoms with Gasteiger partial charge in [-0.2, -0.15) is 0 Å². The van der Waals surface area contributed by atoms with Gasteiger partial charge in [0.2, 0.25) is 5.91 Å². The van der Waals surface area contributed by atoms with Gasteiger partial charge in [0.1, 0.15) is 18.5 Å². The van der Waals surface area contributed by atoms with Gasteiger partial charge in [0, 0.05) is 13.0 Å². The number of hydrogen-bond acceptors (Lipinski definition) is 6. The Labute approximate surface area is 234 Å². The van der Waals surface area contributed by atoms with Crippen molar-refractivity contribution in [1.82, 2.24) is 5.32 Å². The molecule has 0 bridgehead atoms. The number of carbonyl (C=O) groups excluding carboxylic acids is 1. The summed E-state index contributed by atoms with van der Waals surface area (Å²) in [5.74, 6) is 2.15. The van der Waals surface area contributed by atoms with E-state index in [4.69, 9.17) is 14.2 Å². The van der Waals surface area contributed by atoms with Crippen LogP contribution in [0.5, 0.6) is 17.2 Å². The molecule has 0 spiro atoms. The van der Waals surface area contributed by atoms with Crippen LogP contribution in [-0.2, 0) is 16.0 Å². The molecule has 40 heavy (non-hydrogen) atoms. The van der Waals surface area contributed by atoms with Crippen molar-refractivity contribution < 1.29 is 24.1 Å². The monoisotopic (exact) mass is 538 g/mol. The molecular weight excluding hydrogens is 504 g/mol. The molecule has 4 aromatic carbocycles. The number of benzene rings is 4. The van der Waals surface area contributed by atoms with E-state index in [2.05, 4.69) is 10.2 Å². The van der Waals surface area contributed by atoms with Gasteiger partial charge in [0.05, 0.1) is 30.6 Å². The Balaban J connectivity index is 1.18. The maximum atomic E-state index is 13.0. The summed E-state index contributed by atoms with van der Waals surface area (Å²) in [5, 5.41) is 12.8. The van der Waals surface area contributed by atoms with Crippen molar-refractivity contribution in [1.29, 1.82) is 0 Å². The predicted molar refractivity (Wildman–Crippen MR) is 155 cm³/mol. The summed E-state index contributed by atoms with van der Waals surface area (Å²) in [4.78, 5) is 15.2. The van der Waals surface area contributed by atoms with E-state index >= 15 is 0 Å². The third kappa shape index (κ3) is 6.45. The molecule has 0 aliphatic carbocycles. The molecule has 2 N–H and O–H groups in total. The van der Waals surface area contributed by atoms with Crippen molar-refractivity contribution in [2.24, 2.45) is 0 Å². The Morgan fingerprint density at radius 1 is 0.875 bits per heavy atom. The average molecular weight is 539 g/mol. The number of para-hydroxylation sites is 4. The lowest BCUT2D eigenvalue weighted by atomic mass is 10.0. The third-order valence-corrected chi connectivity index (χ3v) is 6.82. The number of fused-ring (bicyclic) bond motifs is 2. The Morgan fingerprint density at radius 3 is 2.12 bits per heavy atom. The molecular formula is C33H34N2O5. The Hall–Kier alpha value is -4.33. The highest BCUT2D eigenvalue weighted by Crippen LogP contribution is 2.45. The number of nitrogens with zero attached hydrogens (tertiary/aromatic N) is 1. The van der Waals surface area contributed by atoms with E-state index in [0.29, 0.717) is 26.2 Å². The number of anilines is 2. The van der Waals surface area contributed by atoms with Crippen LogP contribution in [0.4, 0.5) is 11.4 Å². The quantitative estimate of drug-likeness (QED) is 0.237. The lowest BCUT2D eigenvalue weighted by molar-refractivity contribution is -0.133. The van der Waals surface area contributed by atoms with Crippen molar-refractivity contribution >= 4 is 17.3 Å². The van der Waals surface area contributed by atoms with Crippen molar-refractivity contribution in [2.45, 2.75) is 25.5 Å². The van der Waals surface area contributed by atoms with Gasteiger partial charge < -0.3 is 29.5 Å². The number of amides is 1. The van der Waals surface area contributed by atoms with Crippen LogP contribution in [0, 0.1) is 0 Å². The molecule has 206 valence electrons. The first-order valence-corrected chi connectivity index (χ1v) is 13.6. The SMILES string of the molecule is CCO[C@@H](Cc1ccc(OCCN2c3ccccc3Oc3ccccc32)cc1)C(=O)N[C@@H](CO)c1ccccc1. The second-order valence-corrected chi connectivity index (χ2v) is 9.48. The molecule has 0 aromatic heterocycles. The Kier molecular flexibility index (Phi) is 8.96. The maximum absolute atomic E-state index is 13.0. The summed E-state index contributed by atoms with van der Waals surface area (Å²) in [6.45, 7) is 3.21. The van der Waals surface area contributed by atoms with Crippen LogP contribution in [0.15, 0.2) is 103 Å². The van der Waals surface area contributed by atoms with Crippen molar-refractivity contribution in [3.63, 3.8) is 0 Å². The zero-order valence-corrected chi connectivity index (χ0v) is 22.5. The summed E-state index contributed by atoms with van der Waals surface area (Å²) in [5.41, 5.74) is 3.82. The molecule has 0 saturated carbocycles. The van der Waals surface area contributed by atoms with Gasteiger partial charge in [0.25, 0.3) is 0 Å². The van der Waals surface area contributed by atoms with Crippen LogP contribution in [0.3, 0.4) is 0 Å². The van der Waals surface area contributed by atoms with Gasteiger partial charge >= 0.3 is 0 Å². The number of ether oxygens (including phenoxy) is 3. The van der Waals surface area contributed by atoms with Crippen molar-refractivity contribution in [2.75, 3.05) is 31.3 Å². The maximum Gasteiger partial charge on any atom is 0.250 e. The second-order valence-electron chi connectivity index (χ2n) is 9.48. The largest absolute Gasteiger partial charge is 0.492 e. The van der Waals surface area contributed by atoms with E-state index in [-0.39, 0.29) is 12.5 Å². The van der Waals surface area contributed by atoms with E-state index < -0.39 is 12.1 Å². The first-order chi connectivity index (χ1) is 19.7. The van der Waals surface area contributed by atoms with Crippen LogP contribution in [0.2, 0.25) is 0 Å². The van der Waals surface area contributed by atoms with Gasteiger partial charge in [-0.05, 0) is 54.4 Å². The predicted octanol–water partition coefficient (Wildman–Crippen LogP) is 5.81. The number of aliphatic hydroxyl groups is 1. The molecule has 1 amide bonds. The molecule has 0 radical (unpaired) electrons. The smallest absolute Gasteiger partial charge is 0.250 e. The summed E-state index contributed by atoms with van der Waals surface area (Å²) in [7, 11) is 0. The number of carbonyl (C=O) groups is 1. The molecule has 1 heterocycles. The molecule has 0 saturated heterocycles. The van der Waals surface area contributed by atoms with Crippen molar-refractivity contribution in [3.8, 4) is 17.2 Å². The van der Waals surface area contributed by atoms with Gasteiger partial charge in [-0.25, -0.2) is 0 Å². The fourth-order valence-electron chi connectivity index (χ4n) is 4.83. The first kappa shape index (κ1) is 27.2. The van der Waals surface area contributed by atoms with Gasteiger partial charge in [0.15, 0.2) is 11.5 Å². The number of rotatable bonds is 12. The number of nitrogens with one attached hydrogen (secondary N) is 1. The molecule has 4 aromatic rings. The number of hydrogen-bond donors (Lipinski definition) is 2. The zero-order chi connectivity index (χ0) is 27.7. The van der Waals surface area contributed by atoms with Crippen LogP contribution >= 0.6 is 0 Å². The van der Waals surface area contributed by atoms with Gasteiger partial charge in [-0.1, -0.05) is 66.7 Å². The van der Waals surface area contributed by atoms with E-state index in [9.17, 15) is 9.90 Å².